The van der Waals surface area contributed by atoms with Crippen molar-refractivity contribution < 1.29 is 31.1 Å². The van der Waals surface area contributed by atoms with Crippen LogP contribution >= 0.6 is 11.3 Å². The lowest BCUT2D eigenvalue weighted by molar-refractivity contribution is -0.143. The van der Waals surface area contributed by atoms with Gasteiger partial charge in [-0.25, -0.2) is 0 Å². The molecule has 0 fully saturated rings. The maximum Gasteiger partial charge on any atom is 0.416 e. The first-order valence-electron chi connectivity index (χ1n) is 5.45. The predicted molar refractivity (Wildman–Crippen MR) is 65.1 cm³/mol. The minimum absolute atomic E-state index is 0.0660. The van der Waals surface area contributed by atoms with Crippen LogP contribution in [0.3, 0.4) is 0 Å². The van der Waals surface area contributed by atoms with E-state index in [1.807, 2.05) is 0 Å². The van der Waals surface area contributed by atoms with Crippen LogP contribution in [-0.2, 0) is 12.4 Å². The van der Waals surface area contributed by atoms with Crippen molar-refractivity contribution in [2.45, 2.75) is 12.4 Å². The van der Waals surface area contributed by atoms with Crippen molar-refractivity contribution >= 4 is 17.6 Å². The van der Waals surface area contributed by atoms with Gasteiger partial charge in [0.2, 0.25) is 0 Å². The molecule has 0 saturated heterocycles. The van der Waals surface area contributed by atoms with Crippen LogP contribution < -0.4 is 0 Å². The quantitative estimate of drug-likeness (QED) is 0.543. The number of alkyl halides is 6. The second kappa shape index (κ2) is 5.18. The average Bonchev–Trinajstić information content (AvgIpc) is 2.85. The summed E-state index contributed by atoms with van der Waals surface area (Å²) in [7, 11) is 0. The van der Waals surface area contributed by atoms with Crippen molar-refractivity contribution in [3.63, 3.8) is 0 Å². The number of hydrogen-bond acceptors (Lipinski definition) is 2. The first-order chi connectivity index (χ1) is 9.61. The van der Waals surface area contributed by atoms with Gasteiger partial charge in [-0.3, -0.25) is 4.79 Å². The van der Waals surface area contributed by atoms with Crippen LogP contribution in [0.1, 0.15) is 20.8 Å². The first-order valence-corrected chi connectivity index (χ1v) is 6.33. The summed E-state index contributed by atoms with van der Waals surface area (Å²) in [6.07, 6.45) is -9.30. The Hall–Kier alpha value is -1.83. The van der Waals surface area contributed by atoms with E-state index in [0.29, 0.717) is 18.4 Å². The zero-order valence-electron chi connectivity index (χ0n) is 10.0. The number of aldehydes is 1. The van der Waals surface area contributed by atoms with E-state index in [9.17, 15) is 31.1 Å². The number of rotatable bonds is 2. The third-order valence-electron chi connectivity index (χ3n) is 2.66. The standard InChI is InChI=1S/C13H6F6OS/c14-12(15,16)9-1-7(2-10(4-9)13(17,18)19)8-3-11(5-20)21-6-8/h1-6H. The summed E-state index contributed by atoms with van der Waals surface area (Å²) in [5.74, 6) is 0. The summed E-state index contributed by atoms with van der Waals surface area (Å²) >= 11 is 0.941. The van der Waals surface area contributed by atoms with Gasteiger partial charge in [0, 0.05) is 0 Å². The molecule has 2 aromatic rings. The summed E-state index contributed by atoms with van der Waals surface area (Å²) in [5.41, 5.74) is -2.86. The molecule has 1 aromatic heterocycles. The molecule has 0 spiro atoms. The Morgan fingerprint density at radius 3 is 1.71 bits per heavy atom. The number of thiophene rings is 1. The first kappa shape index (κ1) is 15.6. The molecule has 0 unspecified atom stereocenters. The second-order valence-corrected chi connectivity index (χ2v) is 5.09. The maximum atomic E-state index is 12.7. The second-order valence-electron chi connectivity index (χ2n) is 4.15. The van der Waals surface area contributed by atoms with E-state index < -0.39 is 23.5 Å². The lowest BCUT2D eigenvalue weighted by atomic mass is 10.0. The Kier molecular flexibility index (Phi) is 3.83. The minimum Gasteiger partial charge on any atom is -0.297 e. The molecule has 1 nitrogen and oxygen atoms in total. The van der Waals surface area contributed by atoms with Gasteiger partial charge in [0.15, 0.2) is 6.29 Å². The third kappa shape index (κ3) is 3.44. The van der Waals surface area contributed by atoms with Gasteiger partial charge >= 0.3 is 12.4 Å². The summed E-state index contributed by atoms with van der Waals surface area (Å²) in [5, 5.41) is 1.33. The molecule has 0 atom stereocenters. The Morgan fingerprint density at radius 2 is 1.33 bits per heavy atom. The van der Waals surface area contributed by atoms with Gasteiger partial charge in [0.1, 0.15) is 0 Å². The van der Waals surface area contributed by atoms with Crippen LogP contribution in [0.15, 0.2) is 29.6 Å². The Labute approximate surface area is 118 Å². The van der Waals surface area contributed by atoms with E-state index in [4.69, 9.17) is 0 Å². The van der Waals surface area contributed by atoms with E-state index in [1.54, 1.807) is 0 Å². The Morgan fingerprint density at radius 1 is 0.810 bits per heavy atom. The number of halogens is 6. The van der Waals surface area contributed by atoms with E-state index in [-0.39, 0.29) is 22.1 Å². The molecule has 0 aliphatic carbocycles. The highest BCUT2D eigenvalue weighted by molar-refractivity contribution is 7.12. The minimum atomic E-state index is -4.89. The molecule has 0 bridgehead atoms. The van der Waals surface area contributed by atoms with Crippen LogP contribution in [0.25, 0.3) is 11.1 Å². The fourth-order valence-corrected chi connectivity index (χ4v) is 2.41. The average molecular weight is 324 g/mol. The zero-order valence-corrected chi connectivity index (χ0v) is 10.9. The van der Waals surface area contributed by atoms with Crippen LogP contribution in [0.4, 0.5) is 26.3 Å². The third-order valence-corrected chi connectivity index (χ3v) is 3.51. The van der Waals surface area contributed by atoms with Crippen LogP contribution in [0.2, 0.25) is 0 Å². The van der Waals surface area contributed by atoms with Gasteiger partial charge in [-0.15, -0.1) is 11.3 Å². The van der Waals surface area contributed by atoms with E-state index in [0.717, 1.165) is 11.3 Å². The number of carbonyl (C=O) groups excluding carboxylic acids is 1. The Balaban J connectivity index is 2.62. The molecule has 0 amide bonds. The van der Waals surface area contributed by atoms with Crippen molar-refractivity contribution in [2.75, 3.05) is 0 Å². The number of carbonyl (C=O) groups is 1. The van der Waals surface area contributed by atoms with Crippen LogP contribution in [0.5, 0.6) is 0 Å². The highest BCUT2D eigenvalue weighted by Gasteiger charge is 2.37. The molecule has 0 N–H and O–H groups in total. The largest absolute Gasteiger partial charge is 0.416 e. The molecule has 2 rings (SSSR count). The fraction of sp³-hybridized carbons (Fsp3) is 0.154. The van der Waals surface area contributed by atoms with Gasteiger partial charge in [0.05, 0.1) is 16.0 Å². The smallest absolute Gasteiger partial charge is 0.297 e. The molecular formula is C13H6F6OS. The van der Waals surface area contributed by atoms with E-state index in [2.05, 4.69) is 0 Å². The summed E-state index contributed by atoms with van der Waals surface area (Å²) in [6, 6.07) is 2.57. The Bertz CT molecular complexity index is 636. The summed E-state index contributed by atoms with van der Waals surface area (Å²) in [4.78, 5) is 10.8. The van der Waals surface area contributed by atoms with Crippen molar-refractivity contribution in [3.8, 4) is 11.1 Å². The molecule has 21 heavy (non-hydrogen) atoms. The molecule has 0 aliphatic rings. The zero-order chi connectivity index (χ0) is 15.8. The highest BCUT2D eigenvalue weighted by Crippen LogP contribution is 2.39. The molecule has 8 heteroatoms. The van der Waals surface area contributed by atoms with Crippen molar-refractivity contribution in [1.82, 2.24) is 0 Å². The van der Waals surface area contributed by atoms with Crippen molar-refractivity contribution in [2.24, 2.45) is 0 Å². The number of hydrogen-bond donors (Lipinski definition) is 0. The normalized spacial score (nSPS) is 12.5. The van der Waals surface area contributed by atoms with Gasteiger partial charge in [-0.1, -0.05) is 0 Å². The maximum absolute atomic E-state index is 12.7. The monoisotopic (exact) mass is 324 g/mol. The van der Waals surface area contributed by atoms with Gasteiger partial charge in [-0.05, 0) is 40.8 Å². The summed E-state index contributed by atoms with van der Waals surface area (Å²) < 4.78 is 76.2. The fourth-order valence-electron chi connectivity index (χ4n) is 1.69. The van der Waals surface area contributed by atoms with Crippen molar-refractivity contribution in [3.05, 3.63) is 45.6 Å². The molecule has 0 aliphatic heterocycles. The molecule has 112 valence electrons. The van der Waals surface area contributed by atoms with Crippen molar-refractivity contribution in [1.29, 1.82) is 0 Å². The predicted octanol–water partition coefficient (Wildman–Crippen LogP) is 5.27. The SMILES string of the molecule is O=Cc1cc(-c2cc(C(F)(F)F)cc(C(F)(F)F)c2)cs1. The lowest BCUT2D eigenvalue weighted by Crippen LogP contribution is -2.11. The van der Waals surface area contributed by atoms with Crippen LogP contribution in [-0.4, -0.2) is 6.29 Å². The summed E-state index contributed by atoms with van der Waals surface area (Å²) in [6.45, 7) is 0. The molecule has 0 radical (unpaired) electrons. The topological polar surface area (TPSA) is 17.1 Å². The van der Waals surface area contributed by atoms with Crippen LogP contribution in [0, 0.1) is 0 Å². The van der Waals surface area contributed by atoms with E-state index in [1.165, 1.54) is 11.4 Å². The molecular weight excluding hydrogens is 318 g/mol. The molecule has 0 saturated carbocycles. The van der Waals surface area contributed by atoms with Gasteiger partial charge in [0.25, 0.3) is 0 Å². The van der Waals surface area contributed by atoms with E-state index >= 15 is 0 Å². The molecule has 1 aromatic carbocycles. The highest BCUT2D eigenvalue weighted by atomic mass is 32.1. The van der Waals surface area contributed by atoms with Gasteiger partial charge < -0.3 is 0 Å². The number of benzene rings is 1. The molecule has 1 heterocycles. The lowest BCUT2D eigenvalue weighted by Gasteiger charge is -2.13. The van der Waals surface area contributed by atoms with Gasteiger partial charge in [-0.2, -0.15) is 26.3 Å².